The molecule has 3 unspecified atom stereocenters. The van der Waals surface area contributed by atoms with Crippen LogP contribution in [0.15, 0.2) is 69.6 Å². The molecule has 6 bridgehead atoms. The van der Waals surface area contributed by atoms with Gasteiger partial charge in [-0.05, 0) is 56.7 Å². The molecule has 0 radical (unpaired) electrons. The Labute approximate surface area is 312 Å². The van der Waals surface area contributed by atoms with E-state index in [0.717, 1.165) is 6.42 Å². The number of nitrogens with one attached hydrogen (secondary N) is 1. The zero-order valence-electron chi connectivity index (χ0n) is 31.6. The lowest BCUT2D eigenvalue weighted by Gasteiger charge is -2.36. The van der Waals surface area contributed by atoms with Gasteiger partial charge in [0.25, 0.3) is 11.7 Å². The van der Waals surface area contributed by atoms with Crippen molar-refractivity contribution in [2.45, 2.75) is 85.4 Å². The van der Waals surface area contributed by atoms with Crippen LogP contribution >= 0.6 is 0 Å². The molecule has 0 fully saturated rings. The van der Waals surface area contributed by atoms with E-state index in [1.807, 2.05) is 19.1 Å². The standard InChI is InChI=1S/C42H44N2O10/c1-20-12-11-13-22(3)41(48)44-34-35(46)31-30(33-39(34)52-28-15-10-9-14-26(28)43-33)32-38-24(5)37(31)53-29(19-21(2)18-20)36(51-25(6)45)23(4)27(49-8)16-17-50-42(7,54-38)40(32)47/h9-17,20-21,23,27,29,36H,18-19H2,1-8H3,(H,44,48)/b12-11+,17-16+,22-13-/t20?,21-,23-,27+,29?,36?,42+/m1/s1. The normalized spacial score (nSPS) is 29.4. The number of carbonyl (C=O) groups excluding carboxylic acids is 3. The molecule has 7 rings (SSSR count). The summed E-state index contributed by atoms with van der Waals surface area (Å²) in [6, 6.07) is 7.00. The van der Waals surface area contributed by atoms with Crippen molar-refractivity contribution in [3.63, 3.8) is 0 Å². The minimum absolute atomic E-state index is 0.0157. The lowest BCUT2D eigenvalue weighted by molar-refractivity contribution is -0.159. The number of aromatic nitrogens is 1. The van der Waals surface area contributed by atoms with E-state index in [4.69, 9.17) is 33.1 Å². The Morgan fingerprint density at radius 3 is 2.52 bits per heavy atom. The average molecular weight is 737 g/mol. The number of hydrogen-bond acceptors (Lipinski definition) is 11. The predicted molar refractivity (Wildman–Crippen MR) is 202 cm³/mol. The molecule has 2 aromatic carbocycles. The molecule has 7 atom stereocenters. The second-order valence-corrected chi connectivity index (χ2v) is 14.8. The first-order valence-corrected chi connectivity index (χ1v) is 18.2. The number of Topliss-reactive ketones (excluding diaryl/α,β-unsaturated/α-hetero) is 1. The maximum Gasteiger partial charge on any atom is 0.312 e. The number of allylic oxidation sites excluding steroid dienone is 3. The van der Waals surface area contributed by atoms with Gasteiger partial charge in [-0.25, -0.2) is 4.98 Å². The third kappa shape index (κ3) is 6.31. The van der Waals surface area contributed by atoms with Crippen molar-refractivity contribution in [2.24, 2.45) is 17.8 Å². The Morgan fingerprint density at radius 2 is 1.78 bits per heavy atom. The number of esters is 1. The minimum Gasteiger partial charge on any atom is -0.485 e. The molecule has 282 valence electrons. The first-order valence-electron chi connectivity index (χ1n) is 18.2. The molecule has 1 amide bonds. The summed E-state index contributed by atoms with van der Waals surface area (Å²) in [5, 5.41) is 2.92. The summed E-state index contributed by atoms with van der Waals surface area (Å²) in [6.07, 6.45) is 7.32. The second-order valence-electron chi connectivity index (χ2n) is 14.8. The van der Waals surface area contributed by atoms with Crippen LogP contribution in [0, 0.1) is 24.7 Å². The number of benzene rings is 3. The quantitative estimate of drug-likeness (QED) is 0.124. The van der Waals surface area contributed by atoms with E-state index in [1.165, 1.54) is 27.2 Å². The first-order chi connectivity index (χ1) is 25.7. The number of anilines is 1. The van der Waals surface area contributed by atoms with Crippen molar-refractivity contribution in [2.75, 3.05) is 12.4 Å². The second kappa shape index (κ2) is 14.1. The summed E-state index contributed by atoms with van der Waals surface area (Å²) in [5.74, 6) is -3.63. The highest BCUT2D eigenvalue weighted by molar-refractivity contribution is 6.22. The van der Waals surface area contributed by atoms with Gasteiger partial charge in [0.05, 0.1) is 23.3 Å². The van der Waals surface area contributed by atoms with Crippen LogP contribution in [0.2, 0.25) is 0 Å². The summed E-state index contributed by atoms with van der Waals surface area (Å²) >= 11 is 0. The molecule has 0 spiro atoms. The van der Waals surface area contributed by atoms with Crippen LogP contribution in [0.25, 0.3) is 33.3 Å². The van der Waals surface area contributed by atoms with Gasteiger partial charge in [0.2, 0.25) is 5.43 Å². The summed E-state index contributed by atoms with van der Waals surface area (Å²) < 4.78 is 37.9. The number of nitrogens with zero attached hydrogens (tertiary/aromatic N) is 1. The fourth-order valence-corrected chi connectivity index (χ4v) is 7.87. The zero-order valence-corrected chi connectivity index (χ0v) is 31.6. The molecule has 1 N–H and O–H groups in total. The number of amides is 1. The lowest BCUT2D eigenvalue weighted by Crippen LogP contribution is -2.45. The maximum absolute atomic E-state index is 15.2. The zero-order chi connectivity index (χ0) is 38.6. The third-order valence-electron chi connectivity index (χ3n) is 10.6. The molecular weight excluding hydrogens is 692 g/mol. The molecule has 5 aliphatic rings. The largest absolute Gasteiger partial charge is 0.485 e. The Morgan fingerprint density at radius 1 is 1.02 bits per heavy atom. The van der Waals surface area contributed by atoms with Crippen LogP contribution in [0.5, 0.6) is 11.5 Å². The van der Waals surface area contributed by atoms with Gasteiger partial charge in [0.1, 0.15) is 40.6 Å². The van der Waals surface area contributed by atoms with Crippen LogP contribution in [-0.2, 0) is 23.8 Å². The van der Waals surface area contributed by atoms with Crippen molar-refractivity contribution >= 4 is 45.2 Å². The highest BCUT2D eigenvalue weighted by Crippen LogP contribution is 2.51. The lowest BCUT2D eigenvalue weighted by atomic mass is 9.85. The monoisotopic (exact) mass is 736 g/mol. The van der Waals surface area contributed by atoms with Crippen LogP contribution < -0.4 is 20.2 Å². The van der Waals surface area contributed by atoms with Gasteiger partial charge in [-0.2, -0.15) is 0 Å². The van der Waals surface area contributed by atoms with Crippen molar-refractivity contribution in [1.29, 1.82) is 0 Å². The molecule has 1 aliphatic carbocycles. The number of rotatable bonds is 2. The smallest absolute Gasteiger partial charge is 0.312 e. The van der Waals surface area contributed by atoms with E-state index >= 15 is 4.79 Å². The summed E-state index contributed by atoms with van der Waals surface area (Å²) in [7, 11) is 1.53. The van der Waals surface area contributed by atoms with Crippen molar-refractivity contribution in [3.05, 3.63) is 81.8 Å². The van der Waals surface area contributed by atoms with E-state index in [2.05, 4.69) is 19.2 Å². The Hall–Kier alpha value is -5.49. The summed E-state index contributed by atoms with van der Waals surface area (Å²) in [5.41, 5.74) is 0.852. The first kappa shape index (κ1) is 36.9. The molecule has 4 heterocycles. The maximum atomic E-state index is 15.2. The Balaban J connectivity index is 1.64. The van der Waals surface area contributed by atoms with Gasteiger partial charge in [0.15, 0.2) is 11.3 Å². The SMILES string of the molecule is CO[C@H]1/C=C/O[C@@]2(C)Oc3c(C)c4c5c(=O)c(c6oc7ccccc7nc-6c5c3C2=O)NC(=O)/C(C)=C\C=C\C(C)C[C@@H](C)CC(O4)C(OC(C)=O)[C@@H]1C. The molecule has 4 aliphatic heterocycles. The van der Waals surface area contributed by atoms with E-state index in [1.54, 1.807) is 50.3 Å². The molecule has 54 heavy (non-hydrogen) atoms. The van der Waals surface area contributed by atoms with Gasteiger partial charge in [-0.3, -0.25) is 19.2 Å². The predicted octanol–water partition coefficient (Wildman–Crippen LogP) is 7.43. The number of ether oxygens (including phenoxy) is 5. The fourth-order valence-electron chi connectivity index (χ4n) is 7.87. The van der Waals surface area contributed by atoms with Gasteiger partial charge in [-0.1, -0.05) is 51.1 Å². The molecule has 12 nitrogen and oxygen atoms in total. The van der Waals surface area contributed by atoms with Gasteiger partial charge in [-0.15, -0.1) is 0 Å². The molecule has 0 saturated carbocycles. The molecule has 0 saturated heterocycles. The Kier molecular flexibility index (Phi) is 9.59. The van der Waals surface area contributed by atoms with Gasteiger partial charge in [0, 0.05) is 43.4 Å². The third-order valence-corrected chi connectivity index (χ3v) is 10.6. The number of ketones is 1. The number of methoxy groups -OCH3 is 1. The number of carbonyl (C=O) groups is 3. The highest BCUT2D eigenvalue weighted by atomic mass is 16.7. The van der Waals surface area contributed by atoms with Crippen LogP contribution in [0.1, 0.15) is 70.3 Å². The van der Waals surface area contributed by atoms with Crippen molar-refractivity contribution in [1.82, 2.24) is 4.98 Å². The fraction of sp³-hybridized carbons (Fsp3) is 0.405. The highest BCUT2D eigenvalue weighted by Gasteiger charge is 2.51. The van der Waals surface area contributed by atoms with Crippen LogP contribution in [0.4, 0.5) is 5.69 Å². The van der Waals surface area contributed by atoms with E-state index in [0.29, 0.717) is 28.7 Å². The number of fused-ring (bicyclic) bond motifs is 8. The van der Waals surface area contributed by atoms with Crippen molar-refractivity contribution < 1.29 is 42.5 Å². The average Bonchev–Trinajstić information content (AvgIpc) is 3.39. The Bertz CT molecular complexity index is 2320. The van der Waals surface area contributed by atoms with Gasteiger partial charge >= 0.3 is 11.8 Å². The molecule has 12 heteroatoms. The topological polar surface area (TPSA) is 152 Å². The van der Waals surface area contributed by atoms with Crippen molar-refractivity contribution in [3.8, 4) is 23.0 Å². The number of hydrogen-bond donors (Lipinski definition) is 1. The minimum atomic E-state index is -1.86. The van der Waals surface area contributed by atoms with Crippen LogP contribution in [0.3, 0.4) is 0 Å². The molecule has 0 aromatic heterocycles. The number of para-hydroxylation sites is 2. The van der Waals surface area contributed by atoms with E-state index in [9.17, 15) is 14.4 Å². The van der Waals surface area contributed by atoms with E-state index in [-0.39, 0.29) is 56.8 Å². The summed E-state index contributed by atoms with van der Waals surface area (Å²) in [4.78, 5) is 61.3. The van der Waals surface area contributed by atoms with E-state index < -0.39 is 53.1 Å². The summed E-state index contributed by atoms with van der Waals surface area (Å²) in [6.45, 7) is 12.2. The molecule has 2 aromatic rings. The molecular formula is C42H44N2O10. The van der Waals surface area contributed by atoms with Crippen LogP contribution in [-0.4, -0.2) is 53.9 Å². The van der Waals surface area contributed by atoms with Gasteiger partial charge < -0.3 is 33.4 Å².